The quantitative estimate of drug-likeness (QED) is 0.787. The molecule has 0 fully saturated rings. The highest BCUT2D eigenvalue weighted by Crippen LogP contribution is 2.18. The maximum absolute atomic E-state index is 11.2. The average Bonchev–Trinajstić information content (AvgIpc) is 2.55. The van der Waals surface area contributed by atoms with Gasteiger partial charge in [-0.25, -0.2) is 0 Å². The SMILES string of the molecule is CCc1nn(C)cc1C(NC(C)C)C(=O)O. The monoisotopic (exact) mass is 225 g/mol. The molecule has 90 valence electrons. The lowest BCUT2D eigenvalue weighted by Gasteiger charge is -2.16. The van der Waals surface area contributed by atoms with Crippen molar-refractivity contribution in [2.24, 2.45) is 7.05 Å². The van der Waals surface area contributed by atoms with Crippen LogP contribution in [0.4, 0.5) is 0 Å². The summed E-state index contributed by atoms with van der Waals surface area (Å²) in [5, 5.41) is 16.5. The summed E-state index contributed by atoms with van der Waals surface area (Å²) in [6.45, 7) is 5.83. The number of hydrogen-bond acceptors (Lipinski definition) is 3. The fraction of sp³-hybridized carbons (Fsp3) is 0.636. The molecule has 1 atom stereocenters. The van der Waals surface area contributed by atoms with E-state index in [-0.39, 0.29) is 6.04 Å². The van der Waals surface area contributed by atoms with Gasteiger partial charge in [-0.2, -0.15) is 5.10 Å². The molecule has 0 amide bonds. The van der Waals surface area contributed by atoms with Crippen LogP contribution < -0.4 is 5.32 Å². The zero-order valence-electron chi connectivity index (χ0n) is 10.2. The molecule has 0 aliphatic carbocycles. The lowest BCUT2D eigenvalue weighted by molar-refractivity contribution is -0.139. The Labute approximate surface area is 95.5 Å². The van der Waals surface area contributed by atoms with Gasteiger partial charge in [0.1, 0.15) is 6.04 Å². The van der Waals surface area contributed by atoms with Crippen LogP contribution in [-0.4, -0.2) is 26.9 Å². The summed E-state index contributed by atoms with van der Waals surface area (Å²) >= 11 is 0. The van der Waals surface area contributed by atoms with Crippen LogP contribution in [0.1, 0.15) is 38.1 Å². The first-order valence-corrected chi connectivity index (χ1v) is 5.47. The fourth-order valence-corrected chi connectivity index (χ4v) is 1.70. The predicted molar refractivity (Wildman–Crippen MR) is 61.2 cm³/mol. The molecule has 0 aromatic carbocycles. The lowest BCUT2D eigenvalue weighted by Crippen LogP contribution is -2.33. The van der Waals surface area contributed by atoms with E-state index in [9.17, 15) is 9.90 Å². The number of aromatic nitrogens is 2. The second-order valence-corrected chi connectivity index (χ2v) is 4.15. The Bertz CT molecular complexity index is 371. The summed E-state index contributed by atoms with van der Waals surface area (Å²) in [6, 6.07) is -0.560. The Balaban J connectivity index is 3.04. The summed E-state index contributed by atoms with van der Waals surface area (Å²) in [7, 11) is 1.80. The Morgan fingerprint density at radius 2 is 2.25 bits per heavy atom. The van der Waals surface area contributed by atoms with Crippen molar-refractivity contribution < 1.29 is 9.90 Å². The molecular weight excluding hydrogens is 206 g/mol. The summed E-state index contributed by atoms with van der Waals surface area (Å²) in [4.78, 5) is 11.2. The minimum absolute atomic E-state index is 0.117. The molecule has 1 unspecified atom stereocenters. The normalized spacial score (nSPS) is 13.1. The van der Waals surface area contributed by atoms with Gasteiger partial charge in [-0.15, -0.1) is 0 Å². The van der Waals surface area contributed by atoms with Crippen molar-refractivity contribution in [1.29, 1.82) is 0 Å². The van der Waals surface area contributed by atoms with Crippen molar-refractivity contribution in [1.82, 2.24) is 15.1 Å². The Morgan fingerprint density at radius 1 is 1.62 bits per heavy atom. The summed E-state index contributed by atoms with van der Waals surface area (Å²) in [6.07, 6.45) is 2.51. The molecule has 2 N–H and O–H groups in total. The highest BCUT2D eigenvalue weighted by molar-refractivity contribution is 5.75. The Morgan fingerprint density at radius 3 is 2.69 bits per heavy atom. The number of carbonyl (C=O) groups is 1. The Kier molecular flexibility index (Phi) is 4.06. The van der Waals surface area contributed by atoms with E-state index in [1.807, 2.05) is 20.8 Å². The van der Waals surface area contributed by atoms with Gasteiger partial charge in [0.05, 0.1) is 5.69 Å². The molecule has 0 spiro atoms. The Hall–Kier alpha value is -1.36. The van der Waals surface area contributed by atoms with E-state index >= 15 is 0 Å². The van der Waals surface area contributed by atoms with Crippen molar-refractivity contribution in [2.75, 3.05) is 0 Å². The van der Waals surface area contributed by atoms with Gasteiger partial charge in [-0.1, -0.05) is 6.92 Å². The molecule has 1 heterocycles. The molecule has 0 saturated carbocycles. The predicted octanol–water partition coefficient (Wildman–Crippen LogP) is 1.11. The number of carboxylic acid groups (broad SMARTS) is 1. The summed E-state index contributed by atoms with van der Waals surface area (Å²) in [5.74, 6) is -0.864. The van der Waals surface area contributed by atoms with E-state index < -0.39 is 12.0 Å². The first-order chi connectivity index (χ1) is 7.45. The van der Waals surface area contributed by atoms with Crippen LogP contribution in [0.15, 0.2) is 6.20 Å². The summed E-state index contributed by atoms with van der Waals surface area (Å²) < 4.78 is 1.66. The van der Waals surface area contributed by atoms with E-state index in [1.165, 1.54) is 0 Å². The lowest BCUT2D eigenvalue weighted by atomic mass is 10.1. The van der Waals surface area contributed by atoms with E-state index in [0.717, 1.165) is 17.7 Å². The number of nitrogens with zero attached hydrogens (tertiary/aromatic N) is 2. The first-order valence-electron chi connectivity index (χ1n) is 5.47. The van der Waals surface area contributed by atoms with E-state index in [0.29, 0.717) is 0 Å². The van der Waals surface area contributed by atoms with Gasteiger partial charge in [0.25, 0.3) is 0 Å². The second kappa shape index (κ2) is 5.12. The molecule has 0 saturated heterocycles. The third kappa shape index (κ3) is 2.82. The van der Waals surface area contributed by atoms with Crippen LogP contribution in [0.25, 0.3) is 0 Å². The molecule has 16 heavy (non-hydrogen) atoms. The number of carboxylic acids is 1. The minimum Gasteiger partial charge on any atom is -0.480 e. The number of aryl methyl sites for hydroxylation is 2. The van der Waals surface area contributed by atoms with Gasteiger partial charge in [0.2, 0.25) is 0 Å². The van der Waals surface area contributed by atoms with Crippen molar-refractivity contribution >= 4 is 5.97 Å². The molecule has 0 bridgehead atoms. The molecular formula is C11H19N3O2. The zero-order chi connectivity index (χ0) is 12.3. The smallest absolute Gasteiger partial charge is 0.325 e. The summed E-state index contributed by atoms with van der Waals surface area (Å²) in [5.41, 5.74) is 1.59. The van der Waals surface area contributed by atoms with Gasteiger partial charge in [0.15, 0.2) is 0 Å². The largest absolute Gasteiger partial charge is 0.480 e. The molecule has 5 nitrogen and oxygen atoms in total. The highest BCUT2D eigenvalue weighted by Gasteiger charge is 2.24. The van der Waals surface area contributed by atoms with Crippen molar-refractivity contribution in [2.45, 2.75) is 39.3 Å². The van der Waals surface area contributed by atoms with Crippen LogP contribution in [-0.2, 0) is 18.3 Å². The zero-order valence-corrected chi connectivity index (χ0v) is 10.2. The van der Waals surface area contributed by atoms with Crippen LogP contribution in [0, 0.1) is 0 Å². The first kappa shape index (κ1) is 12.7. The third-order valence-corrected chi connectivity index (χ3v) is 2.33. The average molecular weight is 225 g/mol. The molecule has 1 aromatic rings. The van der Waals surface area contributed by atoms with Crippen LogP contribution in [0.2, 0.25) is 0 Å². The van der Waals surface area contributed by atoms with E-state index in [4.69, 9.17) is 0 Å². The number of nitrogens with one attached hydrogen (secondary N) is 1. The fourth-order valence-electron chi connectivity index (χ4n) is 1.70. The second-order valence-electron chi connectivity index (χ2n) is 4.15. The number of hydrogen-bond donors (Lipinski definition) is 2. The van der Waals surface area contributed by atoms with Gasteiger partial charge in [-0.3, -0.25) is 14.8 Å². The maximum atomic E-state index is 11.2. The molecule has 5 heteroatoms. The third-order valence-electron chi connectivity index (χ3n) is 2.33. The van der Waals surface area contributed by atoms with Gasteiger partial charge in [-0.05, 0) is 20.3 Å². The van der Waals surface area contributed by atoms with Crippen molar-refractivity contribution in [3.63, 3.8) is 0 Å². The molecule has 1 rings (SSSR count). The number of aliphatic carboxylic acids is 1. The van der Waals surface area contributed by atoms with Gasteiger partial charge in [0, 0.05) is 24.8 Å². The molecule has 1 aromatic heterocycles. The molecule has 0 aliphatic rings. The van der Waals surface area contributed by atoms with Crippen LogP contribution >= 0.6 is 0 Å². The standard InChI is InChI=1S/C11H19N3O2/c1-5-9-8(6-14(4)13-9)10(11(15)16)12-7(2)3/h6-7,10,12H,5H2,1-4H3,(H,15,16). The van der Waals surface area contributed by atoms with E-state index in [2.05, 4.69) is 10.4 Å². The maximum Gasteiger partial charge on any atom is 0.325 e. The van der Waals surface area contributed by atoms with Crippen LogP contribution in [0.5, 0.6) is 0 Å². The number of rotatable bonds is 5. The topological polar surface area (TPSA) is 67.2 Å². The molecule has 0 radical (unpaired) electrons. The van der Waals surface area contributed by atoms with Crippen LogP contribution in [0.3, 0.4) is 0 Å². The highest BCUT2D eigenvalue weighted by atomic mass is 16.4. The van der Waals surface area contributed by atoms with Crippen molar-refractivity contribution in [3.8, 4) is 0 Å². The molecule has 0 aliphatic heterocycles. The minimum atomic E-state index is -0.864. The van der Waals surface area contributed by atoms with Gasteiger partial charge >= 0.3 is 5.97 Å². The van der Waals surface area contributed by atoms with Crippen molar-refractivity contribution in [3.05, 3.63) is 17.5 Å². The van der Waals surface area contributed by atoms with Gasteiger partial charge < -0.3 is 5.11 Å². The van der Waals surface area contributed by atoms with E-state index in [1.54, 1.807) is 17.9 Å².